The highest BCUT2D eigenvalue weighted by molar-refractivity contribution is 4.98. The number of hydrogen-bond acceptors (Lipinski definition) is 1. The molecule has 12 heavy (non-hydrogen) atoms. The van der Waals surface area contributed by atoms with Crippen LogP contribution < -0.4 is 0 Å². The van der Waals surface area contributed by atoms with Crippen LogP contribution >= 0.6 is 0 Å². The van der Waals surface area contributed by atoms with Gasteiger partial charge in [0.15, 0.2) is 0 Å². The average molecular weight is 170 g/mol. The van der Waals surface area contributed by atoms with Crippen LogP contribution in [0, 0.1) is 5.92 Å². The van der Waals surface area contributed by atoms with Gasteiger partial charge in [-0.3, -0.25) is 0 Å². The van der Waals surface area contributed by atoms with Gasteiger partial charge in [0, 0.05) is 0 Å². The van der Waals surface area contributed by atoms with Crippen LogP contribution in [0.1, 0.15) is 47.5 Å². The molecular formula is C11H22O. The van der Waals surface area contributed by atoms with Gasteiger partial charge >= 0.3 is 0 Å². The average Bonchev–Trinajstić information content (AvgIpc) is 2.05. The molecule has 0 saturated carbocycles. The van der Waals surface area contributed by atoms with Crippen LogP contribution in [0.4, 0.5) is 0 Å². The number of hydrogen-bond donors (Lipinski definition) is 0. The molecule has 0 radical (unpaired) electrons. The van der Waals surface area contributed by atoms with E-state index in [0.29, 0.717) is 0 Å². The van der Waals surface area contributed by atoms with E-state index >= 15 is 0 Å². The molecule has 0 aliphatic rings. The first-order valence-electron chi connectivity index (χ1n) is 4.88. The zero-order valence-corrected chi connectivity index (χ0v) is 9.11. The summed E-state index contributed by atoms with van der Waals surface area (Å²) in [6.07, 6.45) is 2.43. The van der Waals surface area contributed by atoms with E-state index in [-0.39, 0.29) is 0 Å². The summed E-state index contributed by atoms with van der Waals surface area (Å²) in [6.45, 7) is 11.5. The fraction of sp³-hybridized carbons (Fsp3) is 0.818. The first-order valence-corrected chi connectivity index (χ1v) is 4.88. The normalized spacial score (nSPS) is 10.2. The van der Waals surface area contributed by atoms with Gasteiger partial charge in [-0.15, -0.1) is 0 Å². The highest BCUT2D eigenvalue weighted by Crippen LogP contribution is 2.11. The minimum Gasteiger partial charge on any atom is -0.498 e. The lowest BCUT2D eigenvalue weighted by Crippen LogP contribution is -2.06. The van der Waals surface area contributed by atoms with Crippen LogP contribution in [0.3, 0.4) is 0 Å². The van der Waals surface area contributed by atoms with Crippen molar-refractivity contribution in [1.82, 2.24) is 0 Å². The van der Waals surface area contributed by atoms with Gasteiger partial charge in [-0.25, -0.2) is 0 Å². The molecule has 0 fully saturated rings. The Labute approximate surface area is 76.8 Å². The van der Waals surface area contributed by atoms with Gasteiger partial charge in [0.2, 0.25) is 0 Å². The molecule has 0 rings (SSSR count). The second kappa shape index (κ2) is 6.10. The van der Waals surface area contributed by atoms with Crippen molar-refractivity contribution in [3.63, 3.8) is 0 Å². The molecule has 0 bridgehead atoms. The fourth-order valence-electron chi connectivity index (χ4n) is 0.912. The summed E-state index contributed by atoms with van der Waals surface area (Å²) >= 11 is 0. The lowest BCUT2D eigenvalue weighted by atomic mass is 10.1. The molecule has 1 nitrogen and oxygen atoms in total. The number of allylic oxidation sites excluding steroid dienone is 2. The standard InChI is InChI=1S/C11H22O/c1-6-11(7-2)8-12-10(5)9(3)4/h11H,6-8H2,1-5H3. The summed E-state index contributed by atoms with van der Waals surface area (Å²) in [5, 5.41) is 0. The zero-order valence-electron chi connectivity index (χ0n) is 9.11. The van der Waals surface area contributed by atoms with Crippen LogP contribution in [-0.2, 0) is 4.74 Å². The molecule has 0 unspecified atom stereocenters. The molecule has 0 N–H and O–H groups in total. The highest BCUT2D eigenvalue weighted by atomic mass is 16.5. The van der Waals surface area contributed by atoms with Gasteiger partial charge in [-0.05, 0) is 32.3 Å². The van der Waals surface area contributed by atoms with Crippen molar-refractivity contribution >= 4 is 0 Å². The number of ether oxygens (including phenoxy) is 1. The van der Waals surface area contributed by atoms with E-state index in [1.54, 1.807) is 0 Å². The molecule has 1 heteroatoms. The summed E-state index contributed by atoms with van der Waals surface area (Å²) in [7, 11) is 0. The van der Waals surface area contributed by atoms with Crippen LogP contribution in [0.5, 0.6) is 0 Å². The lowest BCUT2D eigenvalue weighted by molar-refractivity contribution is 0.159. The summed E-state index contributed by atoms with van der Waals surface area (Å²) in [4.78, 5) is 0. The maximum atomic E-state index is 5.63. The lowest BCUT2D eigenvalue weighted by Gasteiger charge is -2.14. The maximum Gasteiger partial charge on any atom is 0.0915 e. The third kappa shape index (κ3) is 4.42. The van der Waals surface area contributed by atoms with Crippen molar-refractivity contribution in [2.45, 2.75) is 47.5 Å². The van der Waals surface area contributed by atoms with Gasteiger partial charge in [-0.1, -0.05) is 26.7 Å². The Morgan fingerprint density at radius 1 is 1.08 bits per heavy atom. The van der Waals surface area contributed by atoms with Gasteiger partial charge in [-0.2, -0.15) is 0 Å². The third-order valence-electron chi connectivity index (χ3n) is 2.39. The van der Waals surface area contributed by atoms with Gasteiger partial charge in [0.25, 0.3) is 0 Å². The van der Waals surface area contributed by atoms with E-state index in [9.17, 15) is 0 Å². The zero-order chi connectivity index (χ0) is 9.56. The smallest absolute Gasteiger partial charge is 0.0915 e. The topological polar surface area (TPSA) is 9.23 Å². The number of rotatable bonds is 5. The molecule has 0 atom stereocenters. The van der Waals surface area contributed by atoms with Gasteiger partial charge in [0.05, 0.1) is 12.4 Å². The predicted molar refractivity (Wildman–Crippen MR) is 54.1 cm³/mol. The van der Waals surface area contributed by atoms with Crippen molar-refractivity contribution < 1.29 is 4.74 Å². The van der Waals surface area contributed by atoms with Crippen LogP contribution in [-0.4, -0.2) is 6.61 Å². The fourth-order valence-corrected chi connectivity index (χ4v) is 0.912. The Bertz CT molecular complexity index is 139. The Morgan fingerprint density at radius 2 is 1.58 bits per heavy atom. The van der Waals surface area contributed by atoms with Gasteiger partial charge in [0.1, 0.15) is 0 Å². The predicted octanol–water partition coefficient (Wildman–Crippen LogP) is 3.75. The van der Waals surface area contributed by atoms with E-state index in [1.807, 2.05) is 6.92 Å². The van der Waals surface area contributed by atoms with Crippen LogP contribution in [0.2, 0.25) is 0 Å². The molecule has 0 spiro atoms. The SMILES string of the molecule is CCC(CC)COC(C)=C(C)C. The molecular weight excluding hydrogens is 148 g/mol. The first-order chi connectivity index (χ1) is 5.61. The van der Waals surface area contributed by atoms with E-state index in [0.717, 1.165) is 18.3 Å². The molecule has 0 saturated heterocycles. The summed E-state index contributed by atoms with van der Waals surface area (Å²) in [5.74, 6) is 1.81. The summed E-state index contributed by atoms with van der Waals surface area (Å²) in [5.41, 5.74) is 1.28. The molecule has 0 heterocycles. The van der Waals surface area contributed by atoms with Crippen molar-refractivity contribution in [3.8, 4) is 0 Å². The molecule has 0 aliphatic heterocycles. The molecule has 0 aromatic heterocycles. The minimum atomic E-state index is 0.722. The molecule has 0 amide bonds. The Hall–Kier alpha value is -0.460. The Morgan fingerprint density at radius 3 is 1.92 bits per heavy atom. The van der Waals surface area contributed by atoms with Crippen LogP contribution in [0.25, 0.3) is 0 Å². The summed E-state index contributed by atoms with van der Waals surface area (Å²) < 4.78 is 5.63. The second-order valence-electron chi connectivity index (χ2n) is 3.55. The minimum absolute atomic E-state index is 0.722. The Balaban J connectivity index is 3.74. The molecule has 0 aliphatic carbocycles. The van der Waals surface area contributed by atoms with Crippen molar-refractivity contribution in [2.75, 3.05) is 6.61 Å². The highest BCUT2D eigenvalue weighted by Gasteiger charge is 2.03. The maximum absolute atomic E-state index is 5.63. The van der Waals surface area contributed by atoms with Crippen LogP contribution in [0.15, 0.2) is 11.3 Å². The van der Waals surface area contributed by atoms with E-state index in [2.05, 4.69) is 27.7 Å². The Kier molecular flexibility index (Phi) is 5.87. The van der Waals surface area contributed by atoms with E-state index in [4.69, 9.17) is 4.74 Å². The van der Waals surface area contributed by atoms with Crippen molar-refractivity contribution in [3.05, 3.63) is 11.3 Å². The largest absolute Gasteiger partial charge is 0.498 e. The summed E-state index contributed by atoms with van der Waals surface area (Å²) in [6, 6.07) is 0. The quantitative estimate of drug-likeness (QED) is 0.571. The molecule has 0 aromatic rings. The molecule has 72 valence electrons. The van der Waals surface area contributed by atoms with Crippen molar-refractivity contribution in [1.29, 1.82) is 0 Å². The monoisotopic (exact) mass is 170 g/mol. The molecule has 0 aromatic carbocycles. The van der Waals surface area contributed by atoms with E-state index in [1.165, 1.54) is 18.4 Å². The second-order valence-corrected chi connectivity index (χ2v) is 3.55. The first kappa shape index (κ1) is 11.5. The van der Waals surface area contributed by atoms with Crippen molar-refractivity contribution in [2.24, 2.45) is 5.92 Å². The van der Waals surface area contributed by atoms with E-state index < -0.39 is 0 Å². The third-order valence-corrected chi connectivity index (χ3v) is 2.39. The van der Waals surface area contributed by atoms with Gasteiger partial charge < -0.3 is 4.74 Å².